The van der Waals surface area contributed by atoms with Crippen LogP contribution in [0, 0.1) is 22.9 Å². The number of likely N-dealkylation sites (N-methyl/N-ethyl adjacent to an activating group) is 1. The van der Waals surface area contributed by atoms with Gasteiger partial charge in [0.05, 0.1) is 29.9 Å². The highest BCUT2D eigenvalue weighted by molar-refractivity contribution is 6.14. The third kappa shape index (κ3) is 6.84. The minimum atomic E-state index is -0.886. The molecule has 1 aliphatic heterocycles. The van der Waals surface area contributed by atoms with E-state index in [9.17, 15) is 19.7 Å². The van der Waals surface area contributed by atoms with Crippen LogP contribution in [0.15, 0.2) is 48.2 Å². The van der Waals surface area contributed by atoms with Crippen molar-refractivity contribution in [3.8, 4) is 0 Å². The van der Waals surface area contributed by atoms with Crippen LogP contribution in [-0.2, 0) is 25.6 Å². The molecular formula is C30H37FN4O6. The summed E-state index contributed by atoms with van der Waals surface area (Å²) in [5.41, 5.74) is 1.19. The summed E-state index contributed by atoms with van der Waals surface area (Å²) in [4.78, 5) is 42.7. The number of nitro benzene ring substituents is 1. The molecule has 1 saturated carbocycles. The first-order valence-corrected chi connectivity index (χ1v) is 14.0. The standard InChI is InChI=1S/C30H37FN4O6/c1-5-40-29(36)24(30(37)41-6-2)19-34(22-12-13-22)28-20(3)27(25(31)16-26(28)35(38)39)33-15-14-23(18-33)32(4)17-21-10-8-7-9-11-21/h7-11,16,19,22-23H,5-6,12-15,17-18H2,1-4H3. The van der Waals surface area contributed by atoms with Crippen LogP contribution in [0.5, 0.6) is 0 Å². The number of anilines is 2. The number of nitrogens with zero attached hydrogens (tertiary/aromatic N) is 4. The highest BCUT2D eigenvalue weighted by atomic mass is 19.1. The van der Waals surface area contributed by atoms with Gasteiger partial charge in [-0.2, -0.15) is 0 Å². The van der Waals surface area contributed by atoms with Crippen LogP contribution >= 0.6 is 0 Å². The van der Waals surface area contributed by atoms with E-state index >= 15 is 4.39 Å². The van der Waals surface area contributed by atoms with Gasteiger partial charge in [0.2, 0.25) is 0 Å². The molecule has 1 unspecified atom stereocenters. The number of rotatable bonds is 12. The van der Waals surface area contributed by atoms with E-state index in [1.807, 2.05) is 30.1 Å². The second kappa shape index (κ2) is 13.1. The second-order valence-electron chi connectivity index (χ2n) is 10.4. The van der Waals surface area contributed by atoms with Crippen molar-refractivity contribution < 1.29 is 28.4 Å². The van der Waals surface area contributed by atoms with Gasteiger partial charge in [0.1, 0.15) is 5.69 Å². The van der Waals surface area contributed by atoms with Gasteiger partial charge in [-0.15, -0.1) is 0 Å². The van der Waals surface area contributed by atoms with Crippen molar-refractivity contribution in [3.05, 3.63) is 75.2 Å². The Morgan fingerprint density at radius 2 is 1.73 bits per heavy atom. The number of hydrogen-bond acceptors (Lipinski definition) is 9. The van der Waals surface area contributed by atoms with Gasteiger partial charge in [0.25, 0.3) is 5.69 Å². The normalized spacial score (nSPS) is 16.4. The molecule has 1 aliphatic carbocycles. The predicted octanol–water partition coefficient (Wildman–Crippen LogP) is 4.73. The largest absolute Gasteiger partial charge is 0.462 e. The van der Waals surface area contributed by atoms with Gasteiger partial charge >= 0.3 is 11.9 Å². The smallest absolute Gasteiger partial charge is 0.347 e. The van der Waals surface area contributed by atoms with Gasteiger partial charge in [-0.25, -0.2) is 14.0 Å². The number of carbonyl (C=O) groups excluding carboxylic acids is 2. The zero-order chi connectivity index (χ0) is 29.7. The fourth-order valence-electron chi connectivity index (χ4n) is 5.35. The molecule has 10 nitrogen and oxygen atoms in total. The fraction of sp³-hybridized carbons (Fsp3) is 0.467. The molecule has 220 valence electrons. The zero-order valence-corrected chi connectivity index (χ0v) is 24.0. The van der Waals surface area contributed by atoms with Crippen LogP contribution in [0.1, 0.15) is 44.2 Å². The predicted molar refractivity (Wildman–Crippen MR) is 153 cm³/mol. The summed E-state index contributed by atoms with van der Waals surface area (Å²) in [6.45, 7) is 6.82. The first kappa shape index (κ1) is 30.0. The Kier molecular flexibility index (Phi) is 9.59. The summed E-state index contributed by atoms with van der Waals surface area (Å²) >= 11 is 0. The van der Waals surface area contributed by atoms with E-state index in [2.05, 4.69) is 17.0 Å². The second-order valence-corrected chi connectivity index (χ2v) is 10.4. The highest BCUT2D eigenvalue weighted by Crippen LogP contribution is 2.45. The summed E-state index contributed by atoms with van der Waals surface area (Å²) in [5, 5.41) is 12.2. The molecule has 41 heavy (non-hydrogen) atoms. The molecule has 0 bridgehead atoms. The van der Waals surface area contributed by atoms with E-state index in [4.69, 9.17) is 9.47 Å². The lowest BCUT2D eigenvalue weighted by Gasteiger charge is -2.29. The van der Waals surface area contributed by atoms with Crippen LogP contribution in [0.25, 0.3) is 0 Å². The first-order chi connectivity index (χ1) is 19.7. The van der Waals surface area contributed by atoms with Gasteiger partial charge in [-0.1, -0.05) is 30.3 Å². The summed E-state index contributed by atoms with van der Waals surface area (Å²) < 4.78 is 25.8. The van der Waals surface area contributed by atoms with Gasteiger partial charge in [-0.3, -0.25) is 15.0 Å². The minimum absolute atomic E-state index is 0.0354. The number of benzene rings is 2. The number of carbonyl (C=O) groups is 2. The quantitative estimate of drug-likeness (QED) is 0.0897. The van der Waals surface area contributed by atoms with E-state index < -0.39 is 28.4 Å². The molecule has 4 rings (SSSR count). The van der Waals surface area contributed by atoms with Gasteiger partial charge in [0, 0.05) is 43.5 Å². The number of halogens is 1. The Balaban J connectivity index is 1.72. The first-order valence-electron chi connectivity index (χ1n) is 14.0. The molecule has 1 heterocycles. The van der Waals surface area contributed by atoms with Gasteiger partial charge in [-0.05, 0) is 52.6 Å². The molecule has 0 spiro atoms. The summed E-state index contributed by atoms with van der Waals surface area (Å²) in [5.74, 6) is -2.45. The average Bonchev–Trinajstić information content (AvgIpc) is 3.66. The van der Waals surface area contributed by atoms with Crippen LogP contribution in [0.4, 0.5) is 21.5 Å². The lowest BCUT2D eigenvalue weighted by Crippen LogP contribution is -2.34. The van der Waals surface area contributed by atoms with Crippen molar-refractivity contribution in [2.24, 2.45) is 0 Å². The van der Waals surface area contributed by atoms with E-state index in [0.717, 1.165) is 19.0 Å². The number of hydrogen-bond donors (Lipinski definition) is 0. The molecule has 11 heteroatoms. The van der Waals surface area contributed by atoms with E-state index in [0.29, 0.717) is 31.5 Å². The van der Waals surface area contributed by atoms with Crippen molar-refractivity contribution in [1.29, 1.82) is 0 Å². The molecule has 0 radical (unpaired) electrons. The van der Waals surface area contributed by atoms with Crippen molar-refractivity contribution in [3.63, 3.8) is 0 Å². The van der Waals surface area contributed by atoms with E-state index in [1.165, 1.54) is 11.8 Å². The molecule has 2 aromatic rings. The molecule has 0 N–H and O–H groups in total. The number of nitro groups is 1. The summed E-state index contributed by atoms with van der Waals surface area (Å²) in [6.07, 6.45) is 3.45. The van der Waals surface area contributed by atoms with Crippen LogP contribution in [0.3, 0.4) is 0 Å². The maximum Gasteiger partial charge on any atom is 0.347 e. The maximum absolute atomic E-state index is 15.6. The third-order valence-corrected chi connectivity index (χ3v) is 7.47. The third-order valence-electron chi connectivity index (χ3n) is 7.47. The molecule has 2 fully saturated rings. The van der Waals surface area contributed by atoms with Crippen molar-refractivity contribution in [2.45, 2.75) is 58.7 Å². The molecule has 2 aromatic carbocycles. The Morgan fingerprint density at radius 3 is 2.29 bits per heavy atom. The van der Waals surface area contributed by atoms with Crippen molar-refractivity contribution in [2.75, 3.05) is 43.2 Å². The topological polar surface area (TPSA) is 105 Å². The lowest BCUT2D eigenvalue weighted by molar-refractivity contribution is -0.384. The Bertz CT molecular complexity index is 1290. The fourth-order valence-corrected chi connectivity index (χ4v) is 5.35. The van der Waals surface area contributed by atoms with Crippen LogP contribution < -0.4 is 9.80 Å². The maximum atomic E-state index is 15.6. The Morgan fingerprint density at radius 1 is 1.10 bits per heavy atom. The summed E-state index contributed by atoms with van der Waals surface area (Å²) in [6, 6.07) is 11.0. The number of esters is 2. The Labute approximate surface area is 239 Å². The lowest BCUT2D eigenvalue weighted by atomic mass is 10.1. The Hall–Kier alpha value is -3.99. The van der Waals surface area contributed by atoms with E-state index in [1.54, 1.807) is 25.7 Å². The zero-order valence-electron chi connectivity index (χ0n) is 24.0. The van der Waals surface area contributed by atoms with Crippen molar-refractivity contribution >= 4 is 29.0 Å². The molecular weight excluding hydrogens is 531 g/mol. The van der Waals surface area contributed by atoms with Crippen LogP contribution in [0.2, 0.25) is 0 Å². The van der Waals surface area contributed by atoms with Crippen LogP contribution in [-0.4, -0.2) is 67.2 Å². The molecule has 1 atom stereocenters. The van der Waals surface area contributed by atoms with Crippen molar-refractivity contribution in [1.82, 2.24) is 4.90 Å². The minimum Gasteiger partial charge on any atom is -0.462 e. The summed E-state index contributed by atoms with van der Waals surface area (Å²) in [7, 11) is 2.04. The monoisotopic (exact) mass is 568 g/mol. The number of ether oxygens (including phenoxy) is 2. The molecule has 0 amide bonds. The highest BCUT2D eigenvalue weighted by Gasteiger charge is 2.38. The van der Waals surface area contributed by atoms with Gasteiger partial charge in [0.15, 0.2) is 11.4 Å². The average molecular weight is 569 g/mol. The molecule has 0 aromatic heterocycles. The van der Waals surface area contributed by atoms with Gasteiger partial charge < -0.3 is 19.3 Å². The molecule has 1 saturated heterocycles. The van der Waals surface area contributed by atoms with E-state index in [-0.39, 0.29) is 42.2 Å². The SMILES string of the molecule is CCOC(=O)C(=CN(c1c([N+](=O)[O-])cc(F)c(N2CCC(N(C)Cc3ccccc3)C2)c1C)C1CC1)C(=O)OCC. The molecule has 2 aliphatic rings.